The highest BCUT2D eigenvalue weighted by atomic mass is 16.3. The van der Waals surface area contributed by atoms with Gasteiger partial charge in [0.25, 0.3) is 5.91 Å². The molecule has 1 aliphatic carbocycles. The lowest BCUT2D eigenvalue weighted by Crippen LogP contribution is -2.47. The van der Waals surface area contributed by atoms with Gasteiger partial charge in [0.15, 0.2) is 0 Å². The summed E-state index contributed by atoms with van der Waals surface area (Å²) in [6.45, 7) is 7.30. The molecule has 1 unspecified atom stereocenters. The Balaban J connectivity index is 1.75. The van der Waals surface area contributed by atoms with Crippen molar-refractivity contribution in [2.24, 2.45) is 5.92 Å². The van der Waals surface area contributed by atoms with Gasteiger partial charge in [-0.3, -0.25) is 18.7 Å². The van der Waals surface area contributed by atoms with E-state index < -0.39 is 6.10 Å². The van der Waals surface area contributed by atoms with Gasteiger partial charge in [0, 0.05) is 51.3 Å². The molecule has 4 rings (SSSR count). The molecule has 3 N–H and O–H groups in total. The minimum atomic E-state index is -0.637. The van der Waals surface area contributed by atoms with Crippen molar-refractivity contribution >= 4 is 11.8 Å². The average Bonchev–Trinajstić information content (AvgIpc) is 3.18. The van der Waals surface area contributed by atoms with Gasteiger partial charge in [-0.2, -0.15) is 0 Å². The van der Waals surface area contributed by atoms with E-state index in [0.717, 1.165) is 18.4 Å². The first-order valence-corrected chi connectivity index (χ1v) is 13.7. The van der Waals surface area contributed by atoms with E-state index in [4.69, 9.17) is 0 Å². The summed E-state index contributed by atoms with van der Waals surface area (Å²) >= 11 is 0. The van der Waals surface area contributed by atoms with E-state index in [1.807, 2.05) is 44.2 Å². The summed E-state index contributed by atoms with van der Waals surface area (Å²) in [6, 6.07) is 9.19. The minimum absolute atomic E-state index is 0.00710. The van der Waals surface area contributed by atoms with Gasteiger partial charge in [0.05, 0.1) is 17.8 Å². The van der Waals surface area contributed by atoms with Gasteiger partial charge in [-0.1, -0.05) is 57.0 Å². The average molecular weight is 512 g/mol. The number of benzene rings is 1. The van der Waals surface area contributed by atoms with E-state index in [1.165, 1.54) is 0 Å². The Morgan fingerprint density at radius 2 is 1.81 bits per heavy atom. The topological polar surface area (TPSA) is 109 Å². The molecule has 202 valence electrons. The summed E-state index contributed by atoms with van der Waals surface area (Å²) < 4.78 is 3.27. The van der Waals surface area contributed by atoms with Gasteiger partial charge >= 0.3 is 5.69 Å². The van der Waals surface area contributed by atoms with Crippen molar-refractivity contribution in [1.29, 1.82) is 0 Å². The van der Waals surface area contributed by atoms with Gasteiger partial charge in [0.2, 0.25) is 5.91 Å². The fourth-order valence-corrected chi connectivity index (χ4v) is 5.49. The molecule has 2 heterocycles. The van der Waals surface area contributed by atoms with Crippen LogP contribution in [0, 0.1) is 5.92 Å². The molecule has 37 heavy (non-hydrogen) atoms. The predicted molar refractivity (Wildman–Crippen MR) is 143 cm³/mol. The molecule has 2 amide bonds. The number of aromatic nitrogens is 2. The maximum absolute atomic E-state index is 14.0. The van der Waals surface area contributed by atoms with Crippen molar-refractivity contribution < 1.29 is 14.7 Å². The van der Waals surface area contributed by atoms with E-state index in [2.05, 4.69) is 10.6 Å². The van der Waals surface area contributed by atoms with Crippen LogP contribution in [-0.4, -0.2) is 69.8 Å². The van der Waals surface area contributed by atoms with E-state index in [9.17, 15) is 19.5 Å². The van der Waals surface area contributed by atoms with Gasteiger partial charge in [-0.05, 0) is 25.2 Å². The van der Waals surface area contributed by atoms with Gasteiger partial charge in [0.1, 0.15) is 5.69 Å². The fourth-order valence-electron chi connectivity index (χ4n) is 5.49. The summed E-state index contributed by atoms with van der Waals surface area (Å²) in [6.07, 6.45) is 3.53. The number of piperazine rings is 1. The summed E-state index contributed by atoms with van der Waals surface area (Å²) in [5, 5.41) is 17.1. The molecular weight excluding hydrogens is 470 g/mol. The largest absolute Gasteiger partial charge is 0.391 e. The van der Waals surface area contributed by atoms with Gasteiger partial charge in [-0.15, -0.1) is 0 Å². The van der Waals surface area contributed by atoms with Crippen LogP contribution in [0.5, 0.6) is 0 Å². The van der Waals surface area contributed by atoms with Crippen molar-refractivity contribution in [3.05, 3.63) is 46.5 Å². The molecule has 2 atom stereocenters. The van der Waals surface area contributed by atoms with Gasteiger partial charge < -0.3 is 20.6 Å². The van der Waals surface area contributed by atoms with Crippen LogP contribution >= 0.6 is 0 Å². The second kappa shape index (κ2) is 12.6. The summed E-state index contributed by atoms with van der Waals surface area (Å²) in [5.41, 5.74) is 1.49. The third-order valence-corrected chi connectivity index (χ3v) is 7.33. The Morgan fingerprint density at radius 3 is 2.49 bits per heavy atom. The number of imidazole rings is 1. The molecular formula is C28H41N5O4. The van der Waals surface area contributed by atoms with Crippen LogP contribution in [-0.2, 0) is 11.3 Å². The number of nitrogens with one attached hydrogen (secondary N) is 2. The lowest BCUT2D eigenvalue weighted by Gasteiger charge is -2.30. The van der Waals surface area contributed by atoms with Crippen LogP contribution in [0.25, 0.3) is 11.3 Å². The molecule has 0 bridgehead atoms. The number of amides is 2. The molecule has 9 heteroatoms. The van der Waals surface area contributed by atoms with Crippen LogP contribution in [0.2, 0.25) is 0 Å². The zero-order valence-corrected chi connectivity index (χ0v) is 22.1. The highest BCUT2D eigenvalue weighted by Crippen LogP contribution is 2.34. The third kappa shape index (κ3) is 6.33. The van der Waals surface area contributed by atoms with Crippen LogP contribution in [0.1, 0.15) is 68.9 Å². The number of carbonyl (C=O) groups excluding carboxylic acids is 2. The minimum Gasteiger partial charge on any atom is -0.391 e. The summed E-state index contributed by atoms with van der Waals surface area (Å²) in [7, 11) is 0. The molecule has 9 nitrogen and oxygen atoms in total. The molecule has 1 saturated carbocycles. The zero-order chi connectivity index (χ0) is 26.4. The molecule has 0 spiro atoms. The molecule has 2 aromatic rings. The van der Waals surface area contributed by atoms with E-state index >= 15 is 0 Å². The van der Waals surface area contributed by atoms with Gasteiger partial charge in [-0.25, -0.2) is 4.79 Å². The smallest absolute Gasteiger partial charge is 0.329 e. The zero-order valence-electron chi connectivity index (χ0n) is 22.1. The number of rotatable bonds is 9. The number of nitrogens with zero attached hydrogens (tertiary/aromatic N) is 3. The SMILES string of the molecule is CC(C)CC(=O)NCCCn1c(C(=O)N2CCNCC2)c(-c2ccccc2)n(C2CCCC[C@@H]2O)c1=O. The monoisotopic (exact) mass is 511 g/mol. The first-order valence-electron chi connectivity index (χ1n) is 13.7. The maximum Gasteiger partial charge on any atom is 0.329 e. The predicted octanol–water partition coefficient (Wildman–Crippen LogP) is 2.39. The maximum atomic E-state index is 14.0. The van der Waals surface area contributed by atoms with Crippen LogP contribution in [0.3, 0.4) is 0 Å². The summed E-state index contributed by atoms with van der Waals surface area (Å²) in [5.74, 6) is 0.105. The molecule has 2 aliphatic rings. The lowest BCUT2D eigenvalue weighted by atomic mass is 9.92. The normalized spacial score (nSPS) is 20.3. The molecule has 1 aliphatic heterocycles. The van der Waals surface area contributed by atoms with Crippen LogP contribution in [0.15, 0.2) is 35.1 Å². The standard InChI is InChI=1S/C28H41N5O4/c1-20(2)19-24(35)30-13-8-16-32-26(27(36)31-17-14-29-15-18-31)25(21-9-4-3-5-10-21)33(28(32)37)22-11-6-7-12-23(22)34/h3-5,9-10,20,22-23,29,34H,6-8,11-19H2,1-2H3,(H,30,35)/t22?,23-/m0/s1. The second-order valence-corrected chi connectivity index (χ2v) is 10.6. The Labute approximate surface area is 218 Å². The number of aliphatic hydroxyl groups is 1. The first-order chi connectivity index (χ1) is 17.9. The lowest BCUT2D eigenvalue weighted by molar-refractivity contribution is -0.121. The van der Waals surface area contributed by atoms with Crippen LogP contribution < -0.4 is 16.3 Å². The molecule has 1 saturated heterocycles. The van der Waals surface area contributed by atoms with E-state index in [-0.39, 0.29) is 29.5 Å². The molecule has 0 radical (unpaired) electrons. The van der Waals surface area contributed by atoms with Crippen molar-refractivity contribution in [3.63, 3.8) is 0 Å². The van der Waals surface area contributed by atoms with Crippen molar-refractivity contribution in [1.82, 2.24) is 24.7 Å². The Kier molecular flexibility index (Phi) is 9.21. The number of hydrogen-bond donors (Lipinski definition) is 3. The number of aliphatic hydroxyl groups excluding tert-OH is 1. The molecule has 2 fully saturated rings. The number of carbonyl (C=O) groups is 2. The second-order valence-electron chi connectivity index (χ2n) is 10.6. The highest BCUT2D eigenvalue weighted by Gasteiger charge is 2.35. The Bertz CT molecular complexity index is 1120. The highest BCUT2D eigenvalue weighted by molar-refractivity contribution is 5.98. The van der Waals surface area contributed by atoms with Crippen molar-refractivity contribution in [2.75, 3.05) is 32.7 Å². The van der Waals surface area contributed by atoms with E-state index in [1.54, 1.807) is 14.0 Å². The van der Waals surface area contributed by atoms with Crippen molar-refractivity contribution in [3.8, 4) is 11.3 Å². The molecule has 1 aromatic carbocycles. The first kappa shape index (κ1) is 27.1. The van der Waals surface area contributed by atoms with Crippen molar-refractivity contribution in [2.45, 2.75) is 71.1 Å². The third-order valence-electron chi connectivity index (χ3n) is 7.33. The van der Waals surface area contributed by atoms with E-state index in [0.29, 0.717) is 76.3 Å². The van der Waals surface area contributed by atoms with Crippen LogP contribution in [0.4, 0.5) is 0 Å². The Hall–Kier alpha value is -2.91. The number of hydrogen-bond acceptors (Lipinski definition) is 5. The fraction of sp³-hybridized carbons (Fsp3) is 0.607. The molecule has 1 aromatic heterocycles. The summed E-state index contributed by atoms with van der Waals surface area (Å²) in [4.78, 5) is 42.0. The quantitative estimate of drug-likeness (QED) is 0.448. The Morgan fingerprint density at radius 1 is 1.11 bits per heavy atom.